The van der Waals surface area contributed by atoms with Gasteiger partial charge in [-0.3, -0.25) is 14.4 Å². The normalized spacial score (nSPS) is 25.0. The van der Waals surface area contributed by atoms with Crippen LogP contribution in [0.25, 0.3) is 0 Å². The van der Waals surface area contributed by atoms with E-state index in [9.17, 15) is 14.4 Å². The molecule has 2 aliphatic heterocycles. The summed E-state index contributed by atoms with van der Waals surface area (Å²) in [5.41, 5.74) is 0.966. The Hall–Kier alpha value is -2.65. The number of nitrogens with zero attached hydrogens (tertiary/aromatic N) is 2. The number of rotatable bonds is 3. The van der Waals surface area contributed by atoms with Crippen LogP contribution in [0.5, 0.6) is 5.75 Å². The van der Waals surface area contributed by atoms with Crippen LogP contribution in [0.1, 0.15) is 44.0 Å². The molecule has 0 aliphatic carbocycles. The average molecular weight is 476 g/mol. The van der Waals surface area contributed by atoms with Gasteiger partial charge in [0.2, 0.25) is 11.8 Å². The standard InChI is InChI=1S/C25H37N3O6/c1-16-13-28(18(3)29)17(2)15-34-22-12-20(26-24(30)19-8-10-33-11-9-19)6-7-21(22)25(31)27(4)14-23(16)32-5/h6-7,12,16-17,19,23H,8-11,13-15H2,1-5H3,(H,26,30)/t16-,17+,23-/m0/s1. The van der Waals surface area contributed by atoms with E-state index in [4.69, 9.17) is 14.2 Å². The lowest BCUT2D eigenvalue weighted by Gasteiger charge is -2.35. The fourth-order valence-electron chi connectivity index (χ4n) is 4.49. The monoisotopic (exact) mass is 475 g/mol. The van der Waals surface area contributed by atoms with Crippen molar-refractivity contribution in [3.63, 3.8) is 0 Å². The topological polar surface area (TPSA) is 97.4 Å². The number of hydrogen-bond donors (Lipinski definition) is 1. The van der Waals surface area contributed by atoms with E-state index in [0.29, 0.717) is 56.1 Å². The third kappa shape index (κ3) is 6.27. The molecule has 1 N–H and O–H groups in total. The zero-order chi connectivity index (χ0) is 24.8. The fourth-order valence-corrected chi connectivity index (χ4v) is 4.49. The first-order valence-electron chi connectivity index (χ1n) is 11.9. The van der Waals surface area contributed by atoms with Crippen LogP contribution in [-0.2, 0) is 19.1 Å². The van der Waals surface area contributed by atoms with Crippen LogP contribution in [0.15, 0.2) is 18.2 Å². The first-order valence-corrected chi connectivity index (χ1v) is 11.9. The second kappa shape index (κ2) is 11.7. The lowest BCUT2D eigenvalue weighted by molar-refractivity contribution is -0.133. The Balaban J connectivity index is 1.89. The number of ether oxygens (including phenoxy) is 3. The van der Waals surface area contributed by atoms with Crippen LogP contribution in [0, 0.1) is 11.8 Å². The van der Waals surface area contributed by atoms with E-state index < -0.39 is 0 Å². The molecule has 1 fully saturated rings. The van der Waals surface area contributed by atoms with Gasteiger partial charge in [-0.1, -0.05) is 6.92 Å². The number of nitrogens with one attached hydrogen (secondary N) is 1. The molecule has 0 unspecified atom stereocenters. The minimum Gasteiger partial charge on any atom is -0.491 e. The van der Waals surface area contributed by atoms with Gasteiger partial charge in [0.05, 0.1) is 17.7 Å². The van der Waals surface area contributed by atoms with Crippen LogP contribution in [0.2, 0.25) is 0 Å². The van der Waals surface area contributed by atoms with Gasteiger partial charge in [0, 0.05) is 71.0 Å². The average Bonchev–Trinajstić information content (AvgIpc) is 2.83. The number of carbonyl (C=O) groups excluding carboxylic acids is 3. The van der Waals surface area contributed by atoms with Gasteiger partial charge in [0.25, 0.3) is 5.91 Å². The maximum atomic E-state index is 13.3. The molecule has 0 spiro atoms. The van der Waals surface area contributed by atoms with Crippen molar-refractivity contribution in [2.45, 2.75) is 45.8 Å². The first kappa shape index (κ1) is 26.0. The van der Waals surface area contributed by atoms with Gasteiger partial charge in [0.1, 0.15) is 12.4 Å². The van der Waals surface area contributed by atoms with E-state index in [1.165, 1.54) is 0 Å². The Morgan fingerprint density at radius 3 is 2.50 bits per heavy atom. The molecule has 1 saturated heterocycles. The molecule has 2 aliphatic rings. The van der Waals surface area contributed by atoms with Crippen LogP contribution < -0.4 is 10.1 Å². The minimum absolute atomic E-state index is 0.0215. The molecule has 9 heteroatoms. The quantitative estimate of drug-likeness (QED) is 0.721. The summed E-state index contributed by atoms with van der Waals surface area (Å²) in [5, 5.41) is 2.95. The van der Waals surface area contributed by atoms with E-state index in [0.717, 1.165) is 0 Å². The molecular weight excluding hydrogens is 438 g/mol. The van der Waals surface area contributed by atoms with Gasteiger partial charge in [-0.15, -0.1) is 0 Å². The zero-order valence-electron chi connectivity index (χ0n) is 20.8. The van der Waals surface area contributed by atoms with Crippen LogP contribution in [0.4, 0.5) is 5.69 Å². The SMILES string of the molecule is CO[C@H]1CN(C)C(=O)c2ccc(NC(=O)C3CCOCC3)cc2OC[C@@H](C)N(C(C)=O)C[C@@H]1C. The largest absolute Gasteiger partial charge is 0.491 e. The predicted octanol–water partition coefficient (Wildman–Crippen LogP) is 2.40. The molecule has 1 aromatic carbocycles. The molecule has 3 atom stereocenters. The summed E-state index contributed by atoms with van der Waals surface area (Å²) in [5.74, 6) is 0.00136. The molecule has 1 aromatic rings. The number of carbonyl (C=O) groups is 3. The van der Waals surface area contributed by atoms with Gasteiger partial charge in [0.15, 0.2) is 0 Å². The lowest BCUT2D eigenvalue weighted by atomic mass is 9.99. The minimum atomic E-state index is -0.232. The van der Waals surface area contributed by atoms with E-state index in [1.807, 2.05) is 13.8 Å². The summed E-state index contributed by atoms with van der Waals surface area (Å²) in [6.07, 6.45) is 1.15. The van der Waals surface area contributed by atoms with Crippen molar-refractivity contribution in [2.75, 3.05) is 52.4 Å². The summed E-state index contributed by atoms with van der Waals surface area (Å²) in [7, 11) is 3.35. The van der Waals surface area contributed by atoms with Gasteiger partial charge in [-0.05, 0) is 31.9 Å². The van der Waals surface area contributed by atoms with E-state index in [2.05, 4.69) is 5.32 Å². The number of benzene rings is 1. The maximum Gasteiger partial charge on any atom is 0.257 e. The Bertz CT molecular complexity index is 885. The van der Waals surface area contributed by atoms with Gasteiger partial charge in [-0.25, -0.2) is 0 Å². The van der Waals surface area contributed by atoms with Crippen molar-refractivity contribution in [1.82, 2.24) is 9.80 Å². The second-order valence-corrected chi connectivity index (χ2v) is 9.36. The lowest BCUT2D eigenvalue weighted by Crippen LogP contribution is -2.48. The Kier molecular flexibility index (Phi) is 8.90. The zero-order valence-corrected chi connectivity index (χ0v) is 20.8. The summed E-state index contributed by atoms with van der Waals surface area (Å²) >= 11 is 0. The molecule has 0 aromatic heterocycles. The van der Waals surface area contributed by atoms with Crippen molar-refractivity contribution in [3.8, 4) is 5.75 Å². The van der Waals surface area contributed by atoms with E-state index >= 15 is 0 Å². The van der Waals surface area contributed by atoms with Crippen molar-refractivity contribution in [3.05, 3.63) is 23.8 Å². The number of likely N-dealkylation sites (N-methyl/N-ethyl adjacent to an activating group) is 1. The predicted molar refractivity (Wildman–Crippen MR) is 128 cm³/mol. The molecule has 2 heterocycles. The molecular formula is C25H37N3O6. The molecule has 34 heavy (non-hydrogen) atoms. The first-order chi connectivity index (χ1) is 16.2. The third-order valence-corrected chi connectivity index (χ3v) is 6.71. The molecule has 0 radical (unpaired) electrons. The highest BCUT2D eigenvalue weighted by Crippen LogP contribution is 2.28. The van der Waals surface area contributed by atoms with Crippen molar-refractivity contribution in [1.29, 1.82) is 0 Å². The number of hydrogen-bond acceptors (Lipinski definition) is 6. The number of methoxy groups -OCH3 is 1. The summed E-state index contributed by atoms with van der Waals surface area (Å²) in [6, 6.07) is 4.88. The summed E-state index contributed by atoms with van der Waals surface area (Å²) in [6.45, 7) is 7.73. The van der Waals surface area contributed by atoms with Crippen molar-refractivity contribution < 1.29 is 28.6 Å². The van der Waals surface area contributed by atoms with Crippen LogP contribution >= 0.6 is 0 Å². The summed E-state index contributed by atoms with van der Waals surface area (Å²) in [4.78, 5) is 41.7. The Morgan fingerprint density at radius 2 is 1.85 bits per heavy atom. The molecule has 3 amide bonds. The van der Waals surface area contributed by atoms with E-state index in [1.54, 1.807) is 49.1 Å². The van der Waals surface area contributed by atoms with Gasteiger partial charge in [-0.2, -0.15) is 0 Å². The number of fused-ring (bicyclic) bond motifs is 1. The molecule has 0 saturated carbocycles. The second-order valence-electron chi connectivity index (χ2n) is 9.36. The van der Waals surface area contributed by atoms with Gasteiger partial charge >= 0.3 is 0 Å². The van der Waals surface area contributed by atoms with Crippen LogP contribution in [0.3, 0.4) is 0 Å². The van der Waals surface area contributed by atoms with Crippen molar-refractivity contribution in [2.24, 2.45) is 11.8 Å². The van der Waals surface area contributed by atoms with E-state index in [-0.39, 0.29) is 48.3 Å². The fraction of sp³-hybridized carbons (Fsp3) is 0.640. The molecule has 188 valence electrons. The third-order valence-electron chi connectivity index (χ3n) is 6.71. The molecule has 9 nitrogen and oxygen atoms in total. The Morgan fingerprint density at radius 1 is 1.15 bits per heavy atom. The maximum absolute atomic E-state index is 13.3. The number of anilines is 1. The highest BCUT2D eigenvalue weighted by molar-refractivity contribution is 5.98. The van der Waals surface area contributed by atoms with Gasteiger partial charge < -0.3 is 29.3 Å². The van der Waals surface area contributed by atoms with Crippen molar-refractivity contribution >= 4 is 23.4 Å². The number of amides is 3. The highest BCUT2D eigenvalue weighted by atomic mass is 16.5. The molecule has 3 rings (SSSR count). The highest BCUT2D eigenvalue weighted by Gasteiger charge is 2.29. The Labute approximate surface area is 201 Å². The smallest absolute Gasteiger partial charge is 0.257 e. The van der Waals surface area contributed by atoms with Crippen LogP contribution in [-0.4, -0.2) is 86.7 Å². The summed E-state index contributed by atoms with van der Waals surface area (Å²) < 4.78 is 17.1. The molecule has 0 bridgehead atoms.